The number of carbonyl (C=O) groups excluding carboxylic acids is 1. The second-order valence-corrected chi connectivity index (χ2v) is 13.8. The molecule has 2 aromatic heterocycles. The molecule has 0 saturated heterocycles. The summed E-state index contributed by atoms with van der Waals surface area (Å²) in [4.78, 5) is 33.6. The van der Waals surface area contributed by atoms with E-state index >= 15 is 0 Å². The Morgan fingerprint density at radius 1 is 1.12 bits per heavy atom. The van der Waals surface area contributed by atoms with Crippen LogP contribution >= 0.6 is 11.3 Å². The van der Waals surface area contributed by atoms with Gasteiger partial charge in [-0.1, -0.05) is 43.5 Å². The smallest absolute Gasteiger partial charge is 0.407 e. The molecule has 218 valence electrons. The van der Waals surface area contributed by atoms with Crippen LogP contribution in [-0.4, -0.2) is 53.1 Å². The van der Waals surface area contributed by atoms with Crippen LogP contribution in [0.1, 0.15) is 60.4 Å². The summed E-state index contributed by atoms with van der Waals surface area (Å²) >= 11 is 1.14. The largest absolute Gasteiger partial charge is 0.481 e. The van der Waals surface area contributed by atoms with Gasteiger partial charge in [0, 0.05) is 23.2 Å². The molecule has 0 spiro atoms. The van der Waals surface area contributed by atoms with Crippen LogP contribution in [0, 0.1) is 11.8 Å². The highest BCUT2D eigenvalue weighted by atomic mass is 32.2. The lowest BCUT2D eigenvalue weighted by Gasteiger charge is -2.32. The minimum atomic E-state index is -4.72. The van der Waals surface area contributed by atoms with Crippen LogP contribution in [0.2, 0.25) is 0 Å². The van der Waals surface area contributed by atoms with Gasteiger partial charge in [-0.25, -0.2) is 18.4 Å². The maximum absolute atomic E-state index is 13.5. The first kappa shape index (κ1) is 28.0. The number of halogens is 3. The Labute approximate surface area is 237 Å². The summed E-state index contributed by atoms with van der Waals surface area (Å²) in [6.07, 6.45) is 0.415. The number of thiazole rings is 1. The van der Waals surface area contributed by atoms with Crippen molar-refractivity contribution < 1.29 is 36.3 Å². The van der Waals surface area contributed by atoms with Gasteiger partial charge in [0.15, 0.2) is 10.0 Å². The zero-order chi connectivity index (χ0) is 29.2. The fourth-order valence-electron chi connectivity index (χ4n) is 5.39. The lowest BCUT2D eigenvalue weighted by Crippen LogP contribution is -2.47. The number of amides is 1. The Bertz CT molecular complexity index is 1640. The van der Waals surface area contributed by atoms with Gasteiger partial charge in [-0.05, 0) is 43.4 Å². The first-order valence-corrected chi connectivity index (χ1v) is 15.7. The summed E-state index contributed by atoms with van der Waals surface area (Å²) in [7, 11) is -4.62. The molecular weight excluding hydrogens is 581 g/mol. The van der Waals surface area contributed by atoms with E-state index in [9.17, 15) is 31.2 Å². The number of rotatable bonds is 9. The number of alkyl halides is 3. The van der Waals surface area contributed by atoms with Crippen LogP contribution < -0.4 is 10.0 Å². The van der Waals surface area contributed by atoms with Gasteiger partial charge in [0.25, 0.3) is 15.9 Å². The Hall–Kier alpha value is -3.10. The van der Waals surface area contributed by atoms with E-state index in [1.54, 1.807) is 18.2 Å². The molecular formula is C27H27F3N4O5S2. The monoisotopic (exact) mass is 608 g/mol. The molecule has 14 heteroatoms. The van der Waals surface area contributed by atoms with Crippen LogP contribution in [0.25, 0.3) is 21.2 Å². The number of benzene rings is 1. The van der Waals surface area contributed by atoms with Crippen molar-refractivity contribution in [1.29, 1.82) is 0 Å². The Morgan fingerprint density at radius 2 is 1.80 bits per heavy atom. The average molecular weight is 609 g/mol. The quantitative estimate of drug-likeness (QED) is 0.321. The molecule has 0 bridgehead atoms. The van der Waals surface area contributed by atoms with E-state index in [2.05, 4.69) is 15.3 Å². The van der Waals surface area contributed by atoms with Crippen molar-refractivity contribution in [3.05, 3.63) is 41.2 Å². The molecule has 3 aromatic rings. The molecule has 6 rings (SSSR count). The molecule has 0 atom stereocenters. The Kier molecular flexibility index (Phi) is 6.85. The maximum Gasteiger partial charge on any atom is 0.407 e. The summed E-state index contributed by atoms with van der Waals surface area (Å²) in [5, 5.41) is 12.3. The first-order valence-electron chi connectivity index (χ1n) is 13.4. The highest BCUT2D eigenvalue weighted by Crippen LogP contribution is 2.50. The minimum absolute atomic E-state index is 0.165. The topological polar surface area (TPSA) is 138 Å². The number of carboxylic acids is 1. The predicted molar refractivity (Wildman–Crippen MR) is 144 cm³/mol. The Morgan fingerprint density at radius 3 is 2.39 bits per heavy atom. The number of carbonyl (C=O) groups is 2. The lowest BCUT2D eigenvalue weighted by molar-refractivity contribution is -0.160. The van der Waals surface area contributed by atoms with Crippen LogP contribution in [0.5, 0.6) is 0 Å². The van der Waals surface area contributed by atoms with Crippen LogP contribution in [0.3, 0.4) is 0 Å². The highest BCUT2D eigenvalue weighted by molar-refractivity contribution is 7.89. The molecule has 3 N–H and O–H groups in total. The highest BCUT2D eigenvalue weighted by Gasteiger charge is 2.65. The number of sulfonamides is 1. The number of aromatic nitrogens is 2. The van der Waals surface area contributed by atoms with Crippen molar-refractivity contribution >= 4 is 44.0 Å². The van der Waals surface area contributed by atoms with Gasteiger partial charge in [0.05, 0.1) is 16.5 Å². The first-order chi connectivity index (χ1) is 19.4. The molecule has 3 saturated carbocycles. The van der Waals surface area contributed by atoms with E-state index in [1.165, 1.54) is 12.3 Å². The summed E-state index contributed by atoms with van der Waals surface area (Å²) in [5.41, 5.74) is -1.26. The van der Waals surface area contributed by atoms with Crippen molar-refractivity contribution in [3.63, 3.8) is 0 Å². The molecule has 0 radical (unpaired) electrons. The van der Waals surface area contributed by atoms with Gasteiger partial charge >= 0.3 is 12.1 Å². The standard InChI is InChI=1S/C27H27F3N4O5S2/c28-27(29,30)26(8-9-26)34-41(38,39)24-18-7-2-1-6-17(18)19(13-31-24)21-20(10-14-4-3-5-14)33-23(40-21)22(35)32-16-11-15(12-16)25(36)37/h1-2,6-7,13-16,34H,3-5,8-12H2,(H,32,35)(H,36,37). The molecule has 9 nitrogen and oxygen atoms in total. The fraction of sp³-hybridized carbons (Fsp3) is 0.481. The van der Waals surface area contributed by atoms with Gasteiger partial charge in [0.1, 0.15) is 5.54 Å². The van der Waals surface area contributed by atoms with E-state index < -0.39 is 44.6 Å². The van der Waals surface area contributed by atoms with E-state index in [1.807, 2.05) is 4.72 Å². The predicted octanol–water partition coefficient (Wildman–Crippen LogP) is 4.67. The summed E-state index contributed by atoms with van der Waals surface area (Å²) in [6.45, 7) is 0. The van der Waals surface area contributed by atoms with Gasteiger partial charge in [0.2, 0.25) is 0 Å². The summed E-state index contributed by atoms with van der Waals surface area (Å²) in [6, 6.07) is 6.21. The van der Waals surface area contributed by atoms with E-state index in [0.29, 0.717) is 46.7 Å². The SMILES string of the molecule is O=C(NC1CC(C(=O)O)C1)c1nc(CC2CCC2)c(-c2cnc(S(=O)(=O)NC3(C(F)(F)F)CC3)c3ccccc23)s1. The molecule has 0 aliphatic heterocycles. The van der Waals surface area contributed by atoms with Crippen molar-refractivity contribution in [2.24, 2.45) is 11.8 Å². The van der Waals surface area contributed by atoms with Gasteiger partial charge in [-0.3, -0.25) is 9.59 Å². The number of pyridine rings is 1. The van der Waals surface area contributed by atoms with Gasteiger partial charge in [-0.15, -0.1) is 11.3 Å². The summed E-state index contributed by atoms with van der Waals surface area (Å²) in [5.74, 6) is -1.38. The van der Waals surface area contributed by atoms with Crippen molar-refractivity contribution in [2.75, 3.05) is 0 Å². The number of fused-ring (bicyclic) bond motifs is 1. The van der Waals surface area contributed by atoms with Crippen LogP contribution in [-0.2, 0) is 21.2 Å². The van der Waals surface area contributed by atoms with Gasteiger partial charge in [-0.2, -0.15) is 17.9 Å². The van der Waals surface area contributed by atoms with E-state index in [4.69, 9.17) is 5.11 Å². The third kappa shape index (κ3) is 5.21. The third-order valence-electron chi connectivity index (χ3n) is 8.30. The number of hydrogen-bond acceptors (Lipinski definition) is 7. The summed E-state index contributed by atoms with van der Waals surface area (Å²) < 4.78 is 68.8. The second-order valence-electron chi connectivity index (χ2n) is 11.2. The Balaban J connectivity index is 1.35. The maximum atomic E-state index is 13.5. The molecule has 3 fully saturated rings. The molecule has 3 aliphatic carbocycles. The van der Waals surface area contributed by atoms with Gasteiger partial charge < -0.3 is 10.4 Å². The normalized spacial score (nSPS) is 22.1. The second kappa shape index (κ2) is 10.0. The number of nitrogens with zero attached hydrogens (tertiary/aromatic N) is 2. The third-order valence-corrected chi connectivity index (χ3v) is 10.9. The molecule has 3 aliphatic rings. The zero-order valence-corrected chi connectivity index (χ0v) is 23.3. The van der Waals surface area contributed by atoms with Crippen LogP contribution in [0.15, 0.2) is 35.5 Å². The van der Waals surface area contributed by atoms with Crippen molar-refractivity contribution in [1.82, 2.24) is 20.0 Å². The lowest BCUT2D eigenvalue weighted by atomic mass is 9.80. The molecule has 1 aromatic carbocycles. The molecule has 1 amide bonds. The average Bonchev–Trinajstić information content (AvgIpc) is 3.52. The molecule has 0 unspecified atom stereocenters. The van der Waals surface area contributed by atoms with Crippen LogP contribution in [0.4, 0.5) is 13.2 Å². The van der Waals surface area contributed by atoms with Crippen molar-refractivity contribution in [2.45, 2.75) is 74.1 Å². The van der Waals surface area contributed by atoms with Crippen molar-refractivity contribution in [3.8, 4) is 10.4 Å². The molecule has 41 heavy (non-hydrogen) atoms. The fourth-order valence-corrected chi connectivity index (χ4v) is 8.00. The zero-order valence-electron chi connectivity index (χ0n) is 21.7. The number of aliphatic carboxylic acids is 1. The molecule has 2 heterocycles. The number of nitrogens with one attached hydrogen (secondary N) is 2. The number of hydrogen-bond donors (Lipinski definition) is 3. The van der Waals surface area contributed by atoms with E-state index in [0.717, 1.165) is 30.6 Å². The van der Waals surface area contributed by atoms with E-state index in [-0.39, 0.29) is 29.3 Å². The minimum Gasteiger partial charge on any atom is -0.481 e. The number of carboxylic acid groups (broad SMARTS) is 1.